The number of oxazole rings is 1. The second-order valence-electron chi connectivity index (χ2n) is 5.16. The Morgan fingerprint density at radius 2 is 1.87 bits per heavy atom. The van der Waals surface area contributed by atoms with Crippen molar-refractivity contribution in [1.29, 1.82) is 0 Å². The number of nitrogens with two attached hydrogens (primary N) is 1. The average Bonchev–Trinajstić information content (AvgIpc) is 2.89. The van der Waals surface area contributed by atoms with Crippen LogP contribution < -0.4 is 16.8 Å². The monoisotopic (exact) mass is 311 g/mol. The van der Waals surface area contributed by atoms with Gasteiger partial charge in [-0.05, 0) is 29.8 Å². The van der Waals surface area contributed by atoms with E-state index in [-0.39, 0.29) is 5.91 Å². The molecule has 1 heterocycles. The molecule has 2 aromatic carbocycles. The summed E-state index contributed by atoms with van der Waals surface area (Å²) in [6, 6.07) is 14.4. The predicted molar refractivity (Wildman–Crippen MR) is 87.4 cm³/mol. The van der Waals surface area contributed by atoms with Gasteiger partial charge in [-0.25, -0.2) is 4.79 Å². The lowest BCUT2D eigenvalue weighted by atomic mass is 10.1. The smallest absolute Gasteiger partial charge is 0.408 e. The van der Waals surface area contributed by atoms with Crippen LogP contribution in [0.5, 0.6) is 0 Å². The minimum Gasteiger partial charge on any atom is -0.408 e. The number of nitrogens with one attached hydrogen (secondary N) is 1. The van der Waals surface area contributed by atoms with Crippen molar-refractivity contribution >= 4 is 17.0 Å². The molecule has 6 nitrogen and oxygen atoms in total. The van der Waals surface area contributed by atoms with Crippen molar-refractivity contribution in [3.8, 4) is 0 Å². The third kappa shape index (κ3) is 3.17. The summed E-state index contributed by atoms with van der Waals surface area (Å²) in [4.78, 5) is 23.8. The summed E-state index contributed by atoms with van der Waals surface area (Å²) in [5.74, 6) is -0.552. The number of para-hydroxylation sites is 2. The van der Waals surface area contributed by atoms with Gasteiger partial charge in [-0.15, -0.1) is 0 Å². The molecule has 3 aromatic rings. The van der Waals surface area contributed by atoms with Gasteiger partial charge in [0.05, 0.1) is 12.1 Å². The first kappa shape index (κ1) is 15.1. The average molecular weight is 311 g/mol. The first-order chi connectivity index (χ1) is 11.2. The zero-order valence-electron chi connectivity index (χ0n) is 12.5. The van der Waals surface area contributed by atoms with Crippen LogP contribution in [0, 0.1) is 0 Å². The molecule has 0 bridgehead atoms. The van der Waals surface area contributed by atoms with Crippen LogP contribution in [-0.2, 0) is 6.54 Å². The van der Waals surface area contributed by atoms with Gasteiger partial charge in [0.25, 0.3) is 5.91 Å². The van der Waals surface area contributed by atoms with E-state index in [1.165, 1.54) is 0 Å². The van der Waals surface area contributed by atoms with Crippen LogP contribution in [0.3, 0.4) is 0 Å². The summed E-state index contributed by atoms with van der Waals surface area (Å²) in [5.41, 5.74) is 8.15. The van der Waals surface area contributed by atoms with E-state index in [1.54, 1.807) is 22.8 Å². The molecular weight excluding hydrogens is 294 g/mol. The van der Waals surface area contributed by atoms with Crippen LogP contribution in [0.25, 0.3) is 11.1 Å². The molecule has 118 valence electrons. The second kappa shape index (κ2) is 6.50. The van der Waals surface area contributed by atoms with E-state index < -0.39 is 5.76 Å². The van der Waals surface area contributed by atoms with Crippen LogP contribution >= 0.6 is 0 Å². The van der Waals surface area contributed by atoms with Crippen molar-refractivity contribution < 1.29 is 9.21 Å². The largest absolute Gasteiger partial charge is 0.420 e. The number of aromatic nitrogens is 1. The Bertz CT molecular complexity index is 878. The van der Waals surface area contributed by atoms with E-state index in [0.717, 1.165) is 11.1 Å². The number of hydrogen-bond donors (Lipinski definition) is 2. The molecule has 0 radical (unpaired) electrons. The number of carbonyl (C=O) groups is 1. The Kier molecular flexibility index (Phi) is 4.25. The van der Waals surface area contributed by atoms with Crippen molar-refractivity contribution in [1.82, 2.24) is 9.88 Å². The molecular formula is C17H17N3O3. The van der Waals surface area contributed by atoms with Crippen molar-refractivity contribution in [2.75, 3.05) is 13.1 Å². The highest BCUT2D eigenvalue weighted by Crippen LogP contribution is 2.14. The predicted octanol–water partition coefficient (Wildman–Crippen LogP) is 1.33. The number of amides is 1. The van der Waals surface area contributed by atoms with Gasteiger partial charge in [-0.3, -0.25) is 9.36 Å². The summed E-state index contributed by atoms with van der Waals surface area (Å²) in [7, 11) is 0. The Labute approximate surface area is 132 Å². The van der Waals surface area contributed by atoms with Gasteiger partial charge in [0.2, 0.25) is 0 Å². The van der Waals surface area contributed by atoms with Crippen molar-refractivity contribution in [2.24, 2.45) is 5.73 Å². The molecule has 0 spiro atoms. The minimum atomic E-state index is -0.393. The molecule has 1 aromatic heterocycles. The molecule has 0 saturated carbocycles. The highest BCUT2D eigenvalue weighted by atomic mass is 16.4. The Morgan fingerprint density at radius 1 is 1.13 bits per heavy atom. The standard InChI is InChI=1S/C17H17N3O3/c18-9-10-19-16(21)13-7-5-12(6-8-13)11-20-14-3-1-2-4-15(14)23-17(20)22/h1-8H,9-11,18H2,(H,19,21). The number of nitrogens with zero attached hydrogens (tertiary/aromatic N) is 1. The van der Waals surface area contributed by atoms with Gasteiger partial charge in [-0.2, -0.15) is 0 Å². The van der Waals surface area contributed by atoms with E-state index in [2.05, 4.69) is 5.32 Å². The van der Waals surface area contributed by atoms with E-state index in [4.69, 9.17) is 10.2 Å². The van der Waals surface area contributed by atoms with Crippen molar-refractivity contribution in [2.45, 2.75) is 6.54 Å². The van der Waals surface area contributed by atoms with Gasteiger partial charge >= 0.3 is 5.76 Å². The summed E-state index contributed by atoms with van der Waals surface area (Å²) in [5, 5.41) is 2.71. The highest BCUT2D eigenvalue weighted by molar-refractivity contribution is 5.94. The van der Waals surface area contributed by atoms with Crippen LogP contribution in [0.4, 0.5) is 0 Å². The first-order valence-electron chi connectivity index (χ1n) is 7.34. The SMILES string of the molecule is NCCNC(=O)c1ccc(Cn2c(=O)oc3ccccc32)cc1. The van der Waals surface area contributed by atoms with Crippen molar-refractivity contribution in [3.63, 3.8) is 0 Å². The minimum absolute atomic E-state index is 0.159. The zero-order valence-corrected chi connectivity index (χ0v) is 12.5. The van der Waals surface area contributed by atoms with Crippen LogP contribution in [-0.4, -0.2) is 23.6 Å². The lowest BCUT2D eigenvalue weighted by Crippen LogP contribution is -2.28. The maximum absolute atomic E-state index is 12.0. The summed E-state index contributed by atoms with van der Waals surface area (Å²) in [6.07, 6.45) is 0. The summed E-state index contributed by atoms with van der Waals surface area (Å²) in [6.45, 7) is 1.23. The zero-order chi connectivity index (χ0) is 16.2. The molecule has 0 aliphatic carbocycles. The molecule has 0 saturated heterocycles. The van der Waals surface area contributed by atoms with Crippen LogP contribution in [0.2, 0.25) is 0 Å². The molecule has 0 aliphatic heterocycles. The van der Waals surface area contributed by atoms with Gasteiger partial charge < -0.3 is 15.5 Å². The molecule has 0 unspecified atom stereocenters. The quantitative estimate of drug-likeness (QED) is 0.744. The Hall–Kier alpha value is -2.86. The van der Waals surface area contributed by atoms with Crippen molar-refractivity contribution in [3.05, 3.63) is 70.2 Å². The van der Waals surface area contributed by atoms with Crippen LogP contribution in [0.15, 0.2) is 57.7 Å². The lowest BCUT2D eigenvalue weighted by Gasteiger charge is -2.06. The summed E-state index contributed by atoms with van der Waals surface area (Å²) < 4.78 is 6.78. The molecule has 3 rings (SSSR count). The maximum Gasteiger partial charge on any atom is 0.420 e. The lowest BCUT2D eigenvalue weighted by molar-refractivity contribution is 0.0954. The third-order valence-corrected chi connectivity index (χ3v) is 3.56. The van der Waals surface area contributed by atoms with E-state index >= 15 is 0 Å². The topological polar surface area (TPSA) is 90.3 Å². The fourth-order valence-corrected chi connectivity index (χ4v) is 2.40. The third-order valence-electron chi connectivity index (χ3n) is 3.56. The summed E-state index contributed by atoms with van der Waals surface area (Å²) >= 11 is 0. The molecule has 0 atom stereocenters. The maximum atomic E-state index is 12.0. The molecule has 0 fully saturated rings. The van der Waals surface area contributed by atoms with E-state index in [0.29, 0.717) is 30.8 Å². The highest BCUT2D eigenvalue weighted by Gasteiger charge is 2.09. The molecule has 6 heteroatoms. The Morgan fingerprint density at radius 3 is 2.61 bits per heavy atom. The number of rotatable bonds is 5. The van der Waals surface area contributed by atoms with Gasteiger partial charge in [0.15, 0.2) is 5.58 Å². The molecule has 0 aliphatic rings. The van der Waals surface area contributed by atoms with E-state index in [9.17, 15) is 9.59 Å². The molecule has 23 heavy (non-hydrogen) atoms. The normalized spacial score (nSPS) is 10.8. The fourth-order valence-electron chi connectivity index (χ4n) is 2.40. The number of carbonyl (C=O) groups excluding carboxylic acids is 1. The number of benzene rings is 2. The number of hydrogen-bond acceptors (Lipinski definition) is 4. The second-order valence-corrected chi connectivity index (χ2v) is 5.16. The van der Waals surface area contributed by atoms with Gasteiger partial charge in [0, 0.05) is 18.7 Å². The Balaban J connectivity index is 1.81. The first-order valence-corrected chi connectivity index (χ1v) is 7.34. The molecule has 3 N–H and O–H groups in total. The fraction of sp³-hybridized carbons (Fsp3) is 0.176. The van der Waals surface area contributed by atoms with Gasteiger partial charge in [0.1, 0.15) is 0 Å². The molecule has 1 amide bonds. The number of fused-ring (bicyclic) bond motifs is 1. The van der Waals surface area contributed by atoms with Gasteiger partial charge in [-0.1, -0.05) is 24.3 Å². The van der Waals surface area contributed by atoms with E-state index in [1.807, 2.05) is 30.3 Å². The van der Waals surface area contributed by atoms with Crippen LogP contribution in [0.1, 0.15) is 15.9 Å².